The molecule has 30 heavy (non-hydrogen) atoms. The Morgan fingerprint density at radius 2 is 2.00 bits per heavy atom. The van der Waals surface area contributed by atoms with Gasteiger partial charge in [0.15, 0.2) is 5.75 Å². The number of imidazole rings is 1. The van der Waals surface area contributed by atoms with E-state index in [1.807, 2.05) is 41.1 Å². The summed E-state index contributed by atoms with van der Waals surface area (Å²) in [5.74, 6) is -0.888. The van der Waals surface area contributed by atoms with Crippen molar-refractivity contribution in [1.29, 1.82) is 0 Å². The number of fused-ring (bicyclic) bond motifs is 4. The van der Waals surface area contributed by atoms with Gasteiger partial charge in [0.1, 0.15) is 17.2 Å². The fraction of sp³-hybridized carbons (Fsp3) is 0.0476. The summed E-state index contributed by atoms with van der Waals surface area (Å²) in [6.07, 6.45) is 5.43. The number of carbonyl (C=O) groups excluding carboxylic acids is 2. The van der Waals surface area contributed by atoms with Crippen molar-refractivity contribution in [3.63, 3.8) is 0 Å². The average molecular weight is 419 g/mol. The highest BCUT2D eigenvalue weighted by Crippen LogP contribution is 2.45. The number of hydrogen-bond acceptors (Lipinski definition) is 8. The van der Waals surface area contributed by atoms with Gasteiger partial charge in [0.2, 0.25) is 11.5 Å². The molecular formula is C21H13N3O5S. The normalized spacial score (nSPS) is 13.4. The quantitative estimate of drug-likeness (QED) is 0.284. The second-order valence-electron chi connectivity index (χ2n) is 6.27. The Labute approximate surface area is 174 Å². The summed E-state index contributed by atoms with van der Waals surface area (Å²) in [6.45, 7) is 0. The van der Waals surface area contributed by atoms with E-state index in [9.17, 15) is 9.59 Å². The molecule has 3 aromatic heterocycles. The third-order valence-electron chi connectivity index (χ3n) is 4.47. The monoisotopic (exact) mass is 419 g/mol. The van der Waals surface area contributed by atoms with Gasteiger partial charge < -0.3 is 14.2 Å². The molecule has 4 aromatic rings. The zero-order chi connectivity index (χ0) is 20.7. The van der Waals surface area contributed by atoms with E-state index in [1.165, 1.54) is 7.11 Å². The summed E-state index contributed by atoms with van der Waals surface area (Å²) < 4.78 is 17.6. The maximum atomic E-state index is 12.0. The van der Waals surface area contributed by atoms with E-state index < -0.39 is 11.9 Å². The van der Waals surface area contributed by atoms with E-state index >= 15 is 0 Å². The molecule has 0 N–H and O–H groups in total. The minimum absolute atomic E-state index is 0.0284. The highest BCUT2D eigenvalue weighted by Gasteiger charge is 2.33. The van der Waals surface area contributed by atoms with Gasteiger partial charge in [-0.1, -0.05) is 12.1 Å². The molecule has 0 atom stereocenters. The van der Waals surface area contributed by atoms with Gasteiger partial charge in [0.25, 0.3) is 0 Å². The van der Waals surface area contributed by atoms with Gasteiger partial charge in [-0.05, 0) is 40.6 Å². The van der Waals surface area contributed by atoms with Crippen molar-refractivity contribution >= 4 is 46.5 Å². The molecule has 2 bridgehead atoms. The first-order valence-corrected chi connectivity index (χ1v) is 9.79. The molecule has 5 rings (SSSR count). The van der Waals surface area contributed by atoms with Gasteiger partial charge in [-0.2, -0.15) is 11.3 Å². The highest BCUT2D eigenvalue weighted by atomic mass is 32.1. The fourth-order valence-electron chi connectivity index (χ4n) is 3.18. The topological polar surface area (TPSA) is 92.5 Å². The highest BCUT2D eigenvalue weighted by molar-refractivity contribution is 7.08. The van der Waals surface area contributed by atoms with E-state index in [1.54, 1.807) is 34.2 Å². The number of rotatable bonds is 4. The number of esters is 2. The lowest BCUT2D eigenvalue weighted by Gasteiger charge is -2.10. The first-order valence-electron chi connectivity index (χ1n) is 8.85. The summed E-state index contributed by atoms with van der Waals surface area (Å²) in [5, 5.41) is 3.99. The molecule has 0 spiro atoms. The number of nitrogens with zero attached hydrogens (tertiary/aromatic N) is 3. The molecule has 0 radical (unpaired) electrons. The first-order chi connectivity index (χ1) is 14.7. The van der Waals surface area contributed by atoms with Crippen LogP contribution in [0, 0.1) is 0 Å². The number of benzene rings is 1. The van der Waals surface area contributed by atoms with Gasteiger partial charge in [-0.3, -0.25) is 4.57 Å². The number of hydrogen-bond donors (Lipinski definition) is 0. The van der Waals surface area contributed by atoms with E-state index in [0.717, 1.165) is 5.56 Å². The van der Waals surface area contributed by atoms with Crippen molar-refractivity contribution in [2.75, 3.05) is 7.11 Å². The Balaban J connectivity index is 1.81. The molecule has 4 heterocycles. The molecule has 0 saturated carbocycles. The van der Waals surface area contributed by atoms with Crippen LogP contribution in [0.1, 0.15) is 11.4 Å². The van der Waals surface area contributed by atoms with E-state index in [4.69, 9.17) is 14.2 Å². The van der Waals surface area contributed by atoms with E-state index in [0.29, 0.717) is 22.7 Å². The van der Waals surface area contributed by atoms with Crippen LogP contribution >= 0.6 is 11.3 Å². The molecular weight excluding hydrogens is 406 g/mol. The maximum Gasteiger partial charge on any atom is 0.423 e. The summed E-state index contributed by atoms with van der Waals surface area (Å²) in [7, 11) is 1.40. The lowest BCUT2D eigenvalue weighted by atomic mass is 10.2. The fourth-order valence-corrected chi connectivity index (χ4v) is 3.81. The number of methoxy groups -OCH3 is 1. The minimum Gasteiger partial charge on any atom is -0.490 e. The van der Waals surface area contributed by atoms with Gasteiger partial charge in [-0.15, -0.1) is 0 Å². The summed E-state index contributed by atoms with van der Waals surface area (Å²) >= 11 is 1.59. The number of ether oxygens (including phenoxy) is 3. The summed E-state index contributed by atoms with van der Waals surface area (Å²) in [4.78, 5) is 33.0. The van der Waals surface area contributed by atoms with Crippen LogP contribution in [-0.4, -0.2) is 33.6 Å². The molecule has 0 unspecified atom stereocenters. The largest absolute Gasteiger partial charge is 0.490 e. The van der Waals surface area contributed by atoms with Gasteiger partial charge in [-0.25, -0.2) is 19.6 Å². The zero-order valence-electron chi connectivity index (χ0n) is 15.6. The predicted octanol–water partition coefficient (Wildman–Crippen LogP) is 3.49. The van der Waals surface area contributed by atoms with Crippen LogP contribution in [0.4, 0.5) is 0 Å². The molecule has 0 amide bonds. The minimum atomic E-state index is -1.14. The molecule has 0 aliphatic carbocycles. The van der Waals surface area contributed by atoms with E-state index in [-0.39, 0.29) is 17.2 Å². The molecule has 148 valence electrons. The average Bonchev–Trinajstić information content (AvgIpc) is 3.38. The second kappa shape index (κ2) is 7.12. The number of pyridine rings is 1. The molecule has 8 nitrogen and oxygen atoms in total. The van der Waals surface area contributed by atoms with Crippen molar-refractivity contribution in [2.45, 2.75) is 0 Å². The van der Waals surface area contributed by atoms with Crippen LogP contribution < -0.4 is 14.2 Å². The molecule has 0 fully saturated rings. The molecule has 1 aliphatic rings. The SMILES string of the molecule is COc1c2cc3c(nc(/C=C/c4ccsc4)n3-c3ccccn3)c1OC(=O)C(=O)O2. The Morgan fingerprint density at radius 3 is 2.73 bits per heavy atom. The van der Waals surface area contributed by atoms with E-state index in [2.05, 4.69) is 9.97 Å². The van der Waals surface area contributed by atoms with Gasteiger partial charge in [0.05, 0.1) is 12.6 Å². The molecule has 1 aliphatic heterocycles. The van der Waals surface area contributed by atoms with Crippen molar-refractivity contribution in [2.24, 2.45) is 0 Å². The lowest BCUT2D eigenvalue weighted by Crippen LogP contribution is -2.23. The number of thiophene rings is 1. The van der Waals surface area contributed by atoms with Crippen LogP contribution in [0.3, 0.4) is 0 Å². The maximum absolute atomic E-state index is 12.0. The molecule has 9 heteroatoms. The van der Waals surface area contributed by atoms with Crippen molar-refractivity contribution in [3.05, 3.63) is 58.7 Å². The van der Waals surface area contributed by atoms with Crippen LogP contribution in [0.5, 0.6) is 17.2 Å². The van der Waals surface area contributed by atoms with Crippen LogP contribution in [-0.2, 0) is 9.59 Å². The smallest absolute Gasteiger partial charge is 0.423 e. The van der Waals surface area contributed by atoms with Crippen molar-refractivity contribution < 1.29 is 23.8 Å². The van der Waals surface area contributed by atoms with Crippen molar-refractivity contribution in [3.8, 4) is 23.1 Å². The van der Waals surface area contributed by atoms with Gasteiger partial charge >= 0.3 is 11.9 Å². The Hall–Kier alpha value is -3.98. The number of carbonyl (C=O) groups is 2. The lowest BCUT2D eigenvalue weighted by molar-refractivity contribution is -0.155. The second-order valence-corrected chi connectivity index (χ2v) is 7.05. The third-order valence-corrected chi connectivity index (χ3v) is 5.17. The summed E-state index contributed by atoms with van der Waals surface area (Å²) in [5.41, 5.74) is 1.92. The van der Waals surface area contributed by atoms with Crippen molar-refractivity contribution in [1.82, 2.24) is 14.5 Å². The van der Waals surface area contributed by atoms with Crippen LogP contribution in [0.2, 0.25) is 0 Å². The zero-order valence-corrected chi connectivity index (χ0v) is 16.4. The van der Waals surface area contributed by atoms with Crippen LogP contribution in [0.15, 0.2) is 47.3 Å². The predicted molar refractivity (Wildman–Crippen MR) is 110 cm³/mol. The first kappa shape index (κ1) is 18.1. The Kier molecular flexibility index (Phi) is 4.29. The van der Waals surface area contributed by atoms with Crippen LogP contribution in [0.25, 0.3) is 29.0 Å². The standard InChI is InChI=1S/C21H13N3O5S/c1-27-18-14-10-13-17(19(18)29-21(26)20(25)28-14)23-16(6-5-12-7-9-30-11-12)24(13)15-4-2-3-8-22-15/h2-11H,1H3/b6-5+. The number of aromatic nitrogens is 3. The molecule has 1 aromatic carbocycles. The molecule has 0 saturated heterocycles. The third kappa shape index (κ3) is 2.92. The van der Waals surface area contributed by atoms with Gasteiger partial charge in [0, 0.05) is 12.3 Å². The summed E-state index contributed by atoms with van der Waals surface area (Å²) in [6, 6.07) is 9.05. The Bertz CT molecular complexity index is 1310. The Morgan fingerprint density at radius 1 is 1.13 bits per heavy atom.